The molecule has 1 aliphatic heterocycles. The normalized spacial score (nSPS) is 15.2. The van der Waals surface area contributed by atoms with Crippen molar-refractivity contribution in [3.8, 4) is 5.69 Å². The Hall–Kier alpha value is -4.11. The molecule has 160 valence electrons. The molecule has 2 amide bonds. The number of nitrogens with zero attached hydrogens (tertiary/aromatic N) is 3. The zero-order valence-electron chi connectivity index (χ0n) is 17.2. The smallest absolute Gasteiger partial charge is 0.271 e. The molecule has 0 spiro atoms. The van der Waals surface area contributed by atoms with Gasteiger partial charge >= 0.3 is 0 Å². The van der Waals surface area contributed by atoms with Crippen LogP contribution in [-0.2, 0) is 9.59 Å². The number of benzene rings is 2. The van der Waals surface area contributed by atoms with Gasteiger partial charge in [0.1, 0.15) is 5.57 Å². The summed E-state index contributed by atoms with van der Waals surface area (Å²) in [5.41, 5.74) is 3.27. The van der Waals surface area contributed by atoms with Crippen molar-refractivity contribution in [2.45, 2.75) is 13.8 Å². The Bertz CT molecular complexity index is 1310. The van der Waals surface area contributed by atoms with E-state index in [0.29, 0.717) is 16.9 Å². The van der Waals surface area contributed by atoms with Crippen LogP contribution < -0.4 is 10.2 Å². The molecule has 4 rings (SSSR count). The van der Waals surface area contributed by atoms with Gasteiger partial charge in [0.25, 0.3) is 17.5 Å². The number of anilines is 1. The van der Waals surface area contributed by atoms with Gasteiger partial charge in [-0.2, -0.15) is 0 Å². The summed E-state index contributed by atoms with van der Waals surface area (Å²) in [5, 5.41) is 13.7. The van der Waals surface area contributed by atoms with E-state index in [1.807, 2.05) is 30.5 Å². The van der Waals surface area contributed by atoms with Crippen molar-refractivity contribution in [1.82, 2.24) is 9.88 Å². The Morgan fingerprint density at radius 2 is 1.69 bits per heavy atom. The third-order valence-electron chi connectivity index (χ3n) is 5.18. The summed E-state index contributed by atoms with van der Waals surface area (Å²) in [4.78, 5) is 37.8. The monoisotopic (exact) mass is 446 g/mol. The van der Waals surface area contributed by atoms with Crippen molar-refractivity contribution >= 4 is 46.6 Å². The number of aromatic nitrogens is 1. The van der Waals surface area contributed by atoms with Crippen LogP contribution in [0.2, 0.25) is 0 Å². The highest BCUT2D eigenvalue weighted by Crippen LogP contribution is 2.27. The molecule has 0 aliphatic carbocycles. The lowest BCUT2D eigenvalue weighted by Gasteiger charge is -2.28. The number of aryl methyl sites for hydroxylation is 1. The van der Waals surface area contributed by atoms with Gasteiger partial charge in [-0.05, 0) is 62.0 Å². The first-order valence-corrected chi connectivity index (χ1v) is 10.1. The van der Waals surface area contributed by atoms with E-state index in [0.717, 1.165) is 11.4 Å². The van der Waals surface area contributed by atoms with Crippen LogP contribution in [0.4, 0.5) is 11.4 Å². The maximum atomic E-state index is 13.2. The van der Waals surface area contributed by atoms with Gasteiger partial charge in [0.15, 0.2) is 5.11 Å². The van der Waals surface area contributed by atoms with Gasteiger partial charge in [0, 0.05) is 23.5 Å². The van der Waals surface area contributed by atoms with Crippen LogP contribution in [0.15, 0.2) is 66.2 Å². The van der Waals surface area contributed by atoms with Gasteiger partial charge in [0.05, 0.1) is 16.3 Å². The number of para-hydroxylation sites is 1. The lowest BCUT2D eigenvalue weighted by Crippen LogP contribution is -2.54. The molecule has 1 N–H and O–H groups in total. The number of nitrogens with one attached hydrogen (secondary N) is 1. The minimum atomic E-state index is -0.577. The summed E-state index contributed by atoms with van der Waals surface area (Å²) >= 11 is 5.22. The van der Waals surface area contributed by atoms with Gasteiger partial charge in [-0.3, -0.25) is 29.9 Å². The maximum absolute atomic E-state index is 13.2. The standard InChI is InChI=1S/C23H18N4O4S/c1-14-11-16(15(2)25(14)18-9-6-10-19(13-18)27(30)31)12-20-21(28)24-23(32)26(22(20)29)17-7-4-3-5-8-17/h3-13H,1-2H3,(H,24,28,32)/b20-12+. The van der Waals surface area contributed by atoms with Crippen molar-refractivity contribution in [3.63, 3.8) is 0 Å². The molecule has 2 aromatic carbocycles. The summed E-state index contributed by atoms with van der Waals surface area (Å²) in [6.45, 7) is 3.67. The summed E-state index contributed by atoms with van der Waals surface area (Å²) < 4.78 is 1.84. The number of hydrogen-bond acceptors (Lipinski definition) is 5. The van der Waals surface area contributed by atoms with Gasteiger partial charge in [0.2, 0.25) is 0 Å². The van der Waals surface area contributed by atoms with Crippen LogP contribution >= 0.6 is 12.2 Å². The molecule has 0 unspecified atom stereocenters. The van der Waals surface area contributed by atoms with Crippen LogP contribution in [-0.4, -0.2) is 26.4 Å². The van der Waals surface area contributed by atoms with Gasteiger partial charge in [-0.1, -0.05) is 24.3 Å². The highest BCUT2D eigenvalue weighted by atomic mass is 32.1. The molecule has 0 saturated carbocycles. The fourth-order valence-corrected chi connectivity index (χ4v) is 3.98. The Kier molecular flexibility index (Phi) is 5.41. The van der Waals surface area contributed by atoms with Crippen molar-refractivity contribution in [2.75, 3.05) is 4.90 Å². The fraction of sp³-hybridized carbons (Fsp3) is 0.0870. The van der Waals surface area contributed by atoms with Crippen molar-refractivity contribution in [3.05, 3.63) is 93.3 Å². The molecule has 3 aromatic rings. The number of rotatable bonds is 4. The minimum Gasteiger partial charge on any atom is -0.318 e. The SMILES string of the molecule is Cc1cc(/C=C2\C(=O)NC(=S)N(c3ccccc3)C2=O)c(C)n1-c1cccc([N+](=O)[O-])c1. The first kappa shape index (κ1) is 21.1. The van der Waals surface area contributed by atoms with Crippen LogP contribution in [0.25, 0.3) is 11.8 Å². The number of nitro benzene ring substituents is 1. The zero-order valence-corrected chi connectivity index (χ0v) is 18.1. The number of carbonyl (C=O) groups excluding carboxylic acids is 2. The molecule has 0 bridgehead atoms. The zero-order chi connectivity index (χ0) is 23.0. The van der Waals surface area contributed by atoms with Crippen LogP contribution in [0.1, 0.15) is 17.0 Å². The fourth-order valence-electron chi connectivity index (χ4n) is 3.70. The van der Waals surface area contributed by atoms with E-state index in [-0.39, 0.29) is 16.4 Å². The van der Waals surface area contributed by atoms with E-state index >= 15 is 0 Å². The second-order valence-electron chi connectivity index (χ2n) is 7.23. The van der Waals surface area contributed by atoms with E-state index in [1.165, 1.54) is 23.1 Å². The van der Waals surface area contributed by atoms with Crippen molar-refractivity contribution in [1.29, 1.82) is 0 Å². The molecular weight excluding hydrogens is 428 g/mol. The molecule has 2 heterocycles. The maximum Gasteiger partial charge on any atom is 0.271 e. The van der Waals surface area contributed by atoms with Crippen molar-refractivity contribution in [2.24, 2.45) is 0 Å². The molecule has 1 aliphatic rings. The summed E-state index contributed by atoms with van der Waals surface area (Å²) in [7, 11) is 0. The number of nitro groups is 1. The molecular formula is C23H18N4O4S. The predicted octanol–water partition coefficient (Wildman–Crippen LogP) is 3.83. The van der Waals surface area contributed by atoms with E-state index in [9.17, 15) is 19.7 Å². The highest BCUT2D eigenvalue weighted by Gasteiger charge is 2.34. The Morgan fingerprint density at radius 3 is 2.38 bits per heavy atom. The third-order valence-corrected chi connectivity index (χ3v) is 5.47. The van der Waals surface area contributed by atoms with E-state index < -0.39 is 16.7 Å². The molecule has 1 aromatic heterocycles. The first-order chi connectivity index (χ1) is 15.3. The van der Waals surface area contributed by atoms with Gasteiger partial charge in [-0.25, -0.2) is 0 Å². The molecule has 0 radical (unpaired) electrons. The molecule has 1 saturated heterocycles. The third kappa shape index (κ3) is 3.69. The average molecular weight is 446 g/mol. The Labute approximate surface area is 188 Å². The summed E-state index contributed by atoms with van der Waals surface area (Å²) in [5.74, 6) is -1.10. The van der Waals surface area contributed by atoms with Crippen LogP contribution in [0.3, 0.4) is 0 Å². The molecule has 0 atom stereocenters. The second-order valence-corrected chi connectivity index (χ2v) is 7.62. The van der Waals surface area contributed by atoms with Gasteiger partial charge < -0.3 is 4.57 Å². The number of amides is 2. The lowest BCUT2D eigenvalue weighted by molar-refractivity contribution is -0.384. The van der Waals surface area contributed by atoms with E-state index in [4.69, 9.17) is 12.2 Å². The average Bonchev–Trinajstić information content (AvgIpc) is 3.04. The number of non-ortho nitro benzene ring substituents is 1. The summed E-state index contributed by atoms with van der Waals surface area (Å²) in [6, 6.07) is 16.9. The predicted molar refractivity (Wildman–Crippen MR) is 125 cm³/mol. The topological polar surface area (TPSA) is 97.5 Å². The van der Waals surface area contributed by atoms with E-state index in [1.54, 1.807) is 36.4 Å². The Balaban J connectivity index is 1.77. The quantitative estimate of drug-likeness (QED) is 0.216. The molecule has 1 fully saturated rings. The number of thiocarbonyl (C=S) groups is 1. The van der Waals surface area contributed by atoms with E-state index in [2.05, 4.69) is 5.32 Å². The van der Waals surface area contributed by atoms with Gasteiger partial charge in [-0.15, -0.1) is 0 Å². The number of hydrogen-bond donors (Lipinski definition) is 1. The molecule has 8 nitrogen and oxygen atoms in total. The van der Waals surface area contributed by atoms with Crippen LogP contribution in [0, 0.1) is 24.0 Å². The van der Waals surface area contributed by atoms with Crippen molar-refractivity contribution < 1.29 is 14.5 Å². The summed E-state index contributed by atoms with van der Waals surface area (Å²) in [6.07, 6.45) is 1.52. The molecule has 32 heavy (non-hydrogen) atoms. The molecule has 9 heteroatoms. The second kappa shape index (κ2) is 8.20. The first-order valence-electron chi connectivity index (χ1n) is 9.68. The highest BCUT2D eigenvalue weighted by molar-refractivity contribution is 7.80. The number of carbonyl (C=O) groups is 2. The largest absolute Gasteiger partial charge is 0.318 e. The van der Waals surface area contributed by atoms with Crippen LogP contribution in [0.5, 0.6) is 0 Å². The lowest BCUT2D eigenvalue weighted by atomic mass is 10.1. The Morgan fingerprint density at radius 1 is 1.00 bits per heavy atom. The minimum absolute atomic E-state index is 0.0189.